The van der Waals surface area contributed by atoms with E-state index in [-0.39, 0.29) is 17.3 Å². The number of nitrogen functional groups attached to an aromatic ring is 1. The highest BCUT2D eigenvalue weighted by molar-refractivity contribution is 5.51. The molecule has 0 spiro atoms. The Morgan fingerprint density at radius 3 is 2.62 bits per heavy atom. The van der Waals surface area contributed by atoms with Gasteiger partial charge in [0.1, 0.15) is 5.69 Å². The van der Waals surface area contributed by atoms with Gasteiger partial charge >= 0.3 is 0 Å². The molecule has 13 heavy (non-hydrogen) atoms. The van der Waals surface area contributed by atoms with Crippen LogP contribution in [0.15, 0.2) is 6.07 Å². The Morgan fingerprint density at radius 1 is 1.54 bits per heavy atom. The van der Waals surface area contributed by atoms with Gasteiger partial charge in [0.05, 0.1) is 12.8 Å². The minimum Gasteiger partial charge on any atom is -0.480 e. The number of nitrogens with two attached hydrogens (primary N) is 1. The molecule has 0 aliphatic rings. The number of aryl methyl sites for hydroxylation is 1. The van der Waals surface area contributed by atoms with E-state index in [2.05, 4.69) is 4.98 Å². The smallest absolute Gasteiger partial charge is 0.280 e. The van der Waals surface area contributed by atoms with E-state index in [9.17, 15) is 8.78 Å². The van der Waals surface area contributed by atoms with Gasteiger partial charge in [-0.2, -0.15) is 0 Å². The summed E-state index contributed by atoms with van der Waals surface area (Å²) in [6.45, 7) is 1.53. The fraction of sp³-hybridized carbons (Fsp3) is 0.375. The monoisotopic (exact) mass is 188 g/mol. The number of aromatic nitrogens is 1. The second kappa shape index (κ2) is 3.55. The first-order valence-corrected chi connectivity index (χ1v) is 3.65. The van der Waals surface area contributed by atoms with E-state index in [1.807, 2.05) is 0 Å². The third kappa shape index (κ3) is 1.85. The number of anilines is 1. The van der Waals surface area contributed by atoms with Gasteiger partial charge in [-0.05, 0) is 18.6 Å². The Bertz CT molecular complexity index is 315. The Kier molecular flexibility index (Phi) is 2.65. The van der Waals surface area contributed by atoms with Gasteiger partial charge in [-0.25, -0.2) is 13.8 Å². The maximum Gasteiger partial charge on any atom is 0.280 e. The molecule has 5 heteroatoms. The standard InChI is InChI=1S/C8H10F2N2O/c1-4-3-5(11)8(13-2)12-6(4)7(9)10/h3,7H,11H2,1-2H3. The highest BCUT2D eigenvalue weighted by Gasteiger charge is 2.15. The van der Waals surface area contributed by atoms with Crippen molar-refractivity contribution in [1.82, 2.24) is 4.98 Å². The SMILES string of the molecule is COc1nc(C(F)F)c(C)cc1N. The molecule has 0 amide bonds. The molecule has 3 nitrogen and oxygen atoms in total. The minimum absolute atomic E-state index is 0.0425. The zero-order chi connectivity index (χ0) is 10.0. The van der Waals surface area contributed by atoms with E-state index < -0.39 is 6.43 Å². The summed E-state index contributed by atoms with van der Waals surface area (Å²) >= 11 is 0. The Hall–Kier alpha value is -1.39. The molecule has 0 aromatic carbocycles. The summed E-state index contributed by atoms with van der Waals surface area (Å²) in [6, 6.07) is 1.42. The molecule has 0 saturated heterocycles. The fourth-order valence-electron chi connectivity index (χ4n) is 1.02. The van der Waals surface area contributed by atoms with Crippen molar-refractivity contribution in [2.45, 2.75) is 13.3 Å². The summed E-state index contributed by atoms with van der Waals surface area (Å²) in [6.07, 6.45) is -2.60. The third-order valence-electron chi connectivity index (χ3n) is 1.65. The Morgan fingerprint density at radius 2 is 2.15 bits per heavy atom. The van der Waals surface area contributed by atoms with E-state index in [0.717, 1.165) is 0 Å². The molecule has 2 N–H and O–H groups in total. The number of ether oxygens (including phenoxy) is 1. The van der Waals surface area contributed by atoms with Crippen molar-refractivity contribution in [3.8, 4) is 5.88 Å². The van der Waals surface area contributed by atoms with Crippen molar-refractivity contribution in [2.75, 3.05) is 12.8 Å². The van der Waals surface area contributed by atoms with Gasteiger partial charge in [-0.1, -0.05) is 0 Å². The van der Waals surface area contributed by atoms with Gasteiger partial charge in [0.25, 0.3) is 6.43 Å². The summed E-state index contributed by atoms with van der Waals surface area (Å²) in [7, 11) is 1.34. The van der Waals surface area contributed by atoms with E-state index >= 15 is 0 Å². The largest absolute Gasteiger partial charge is 0.480 e. The number of pyridine rings is 1. The number of alkyl halides is 2. The minimum atomic E-state index is -2.60. The van der Waals surface area contributed by atoms with Crippen LogP contribution in [0.1, 0.15) is 17.7 Å². The maximum atomic E-state index is 12.3. The summed E-state index contributed by atoms with van der Waals surface area (Å²) in [5.74, 6) is 0.0425. The number of rotatable bonds is 2. The van der Waals surface area contributed by atoms with Crippen molar-refractivity contribution >= 4 is 5.69 Å². The molecule has 72 valence electrons. The first-order valence-electron chi connectivity index (χ1n) is 3.65. The van der Waals surface area contributed by atoms with Crippen LogP contribution in [0.25, 0.3) is 0 Å². The average molecular weight is 188 g/mol. The molecule has 0 aliphatic carbocycles. The zero-order valence-electron chi connectivity index (χ0n) is 7.34. The lowest BCUT2D eigenvalue weighted by Gasteiger charge is -2.08. The average Bonchev–Trinajstić information content (AvgIpc) is 2.03. The van der Waals surface area contributed by atoms with Crippen LogP contribution in [0.3, 0.4) is 0 Å². The molecule has 0 unspecified atom stereocenters. The number of nitrogens with zero attached hydrogens (tertiary/aromatic N) is 1. The predicted octanol–water partition coefficient (Wildman–Crippen LogP) is 1.92. The van der Waals surface area contributed by atoms with Crippen LogP contribution in [-0.4, -0.2) is 12.1 Å². The number of hydrogen-bond donors (Lipinski definition) is 1. The molecule has 0 saturated carbocycles. The lowest BCUT2D eigenvalue weighted by Crippen LogP contribution is -2.01. The van der Waals surface area contributed by atoms with E-state index in [0.29, 0.717) is 5.56 Å². The predicted molar refractivity (Wildman–Crippen MR) is 44.9 cm³/mol. The van der Waals surface area contributed by atoms with Gasteiger partial charge in [0.15, 0.2) is 0 Å². The highest BCUT2D eigenvalue weighted by atomic mass is 19.3. The first kappa shape index (κ1) is 9.70. The van der Waals surface area contributed by atoms with E-state index in [1.54, 1.807) is 0 Å². The summed E-state index contributed by atoms with van der Waals surface area (Å²) < 4.78 is 29.4. The van der Waals surface area contributed by atoms with Crippen LogP contribution in [0, 0.1) is 6.92 Å². The molecular weight excluding hydrogens is 178 g/mol. The molecule has 0 fully saturated rings. The normalized spacial score (nSPS) is 10.5. The van der Waals surface area contributed by atoms with Gasteiger partial charge in [0.2, 0.25) is 5.88 Å². The Balaban J connectivity index is 3.22. The summed E-state index contributed by atoms with van der Waals surface area (Å²) in [5.41, 5.74) is 5.82. The third-order valence-corrected chi connectivity index (χ3v) is 1.65. The van der Waals surface area contributed by atoms with Crippen LogP contribution < -0.4 is 10.5 Å². The van der Waals surface area contributed by atoms with E-state index in [4.69, 9.17) is 10.5 Å². The van der Waals surface area contributed by atoms with Gasteiger partial charge < -0.3 is 10.5 Å². The summed E-state index contributed by atoms with van der Waals surface area (Å²) in [4.78, 5) is 3.59. The fourth-order valence-corrected chi connectivity index (χ4v) is 1.02. The number of methoxy groups -OCH3 is 1. The molecule has 1 aromatic heterocycles. The zero-order valence-corrected chi connectivity index (χ0v) is 7.34. The lowest BCUT2D eigenvalue weighted by molar-refractivity contribution is 0.144. The topological polar surface area (TPSA) is 48.1 Å². The van der Waals surface area contributed by atoms with Gasteiger partial charge in [0, 0.05) is 0 Å². The molecule has 1 aromatic rings. The van der Waals surface area contributed by atoms with Crippen LogP contribution in [0.2, 0.25) is 0 Å². The molecule has 1 heterocycles. The van der Waals surface area contributed by atoms with Crippen LogP contribution in [0.5, 0.6) is 5.88 Å². The molecule has 0 bridgehead atoms. The summed E-state index contributed by atoms with van der Waals surface area (Å²) in [5, 5.41) is 0. The molecule has 0 atom stereocenters. The maximum absolute atomic E-state index is 12.3. The molecule has 1 rings (SSSR count). The van der Waals surface area contributed by atoms with Gasteiger partial charge in [-0.3, -0.25) is 0 Å². The van der Waals surface area contributed by atoms with Crippen molar-refractivity contribution in [3.63, 3.8) is 0 Å². The van der Waals surface area contributed by atoms with E-state index in [1.165, 1.54) is 20.1 Å². The van der Waals surface area contributed by atoms with Crippen LogP contribution in [0.4, 0.5) is 14.5 Å². The number of halogens is 2. The Labute approximate surface area is 74.5 Å². The van der Waals surface area contributed by atoms with Crippen molar-refractivity contribution in [1.29, 1.82) is 0 Å². The second-order valence-corrected chi connectivity index (χ2v) is 2.59. The molecule has 0 aliphatic heterocycles. The quantitative estimate of drug-likeness (QED) is 0.771. The molecular formula is C8H10F2N2O. The first-order chi connectivity index (χ1) is 6.06. The van der Waals surface area contributed by atoms with Crippen molar-refractivity contribution < 1.29 is 13.5 Å². The second-order valence-electron chi connectivity index (χ2n) is 2.59. The van der Waals surface area contributed by atoms with Crippen molar-refractivity contribution in [3.05, 3.63) is 17.3 Å². The van der Waals surface area contributed by atoms with Crippen LogP contribution >= 0.6 is 0 Å². The molecule has 0 radical (unpaired) electrons. The highest BCUT2D eigenvalue weighted by Crippen LogP contribution is 2.27. The van der Waals surface area contributed by atoms with Gasteiger partial charge in [-0.15, -0.1) is 0 Å². The lowest BCUT2D eigenvalue weighted by atomic mass is 10.2. The van der Waals surface area contributed by atoms with Crippen LogP contribution in [-0.2, 0) is 0 Å². The van der Waals surface area contributed by atoms with Crippen molar-refractivity contribution in [2.24, 2.45) is 0 Å². The number of hydrogen-bond acceptors (Lipinski definition) is 3.